The van der Waals surface area contributed by atoms with Gasteiger partial charge in [0.1, 0.15) is 29.7 Å². The number of Topliss-reactive ketones (excluding diaryl/α,β-unsaturated/α-hetero) is 1. The molecular formula is C27H22FO4PS2. The van der Waals surface area contributed by atoms with Crippen molar-refractivity contribution in [3.05, 3.63) is 120 Å². The van der Waals surface area contributed by atoms with Crippen molar-refractivity contribution in [3.8, 4) is 17.2 Å². The van der Waals surface area contributed by atoms with Gasteiger partial charge in [0.15, 0.2) is 5.78 Å². The van der Waals surface area contributed by atoms with Crippen molar-refractivity contribution in [2.24, 2.45) is 0 Å². The molecule has 1 N–H and O–H groups in total. The van der Waals surface area contributed by atoms with Gasteiger partial charge in [-0.15, -0.1) is 11.8 Å². The number of ether oxygens (including phenoxy) is 1. The van der Waals surface area contributed by atoms with Gasteiger partial charge in [-0.1, -0.05) is 42.5 Å². The first-order valence-electron chi connectivity index (χ1n) is 10.6. The molecule has 2 unspecified atom stereocenters. The normalized spacial score (nSPS) is 11.6. The third kappa shape index (κ3) is 6.79. The van der Waals surface area contributed by atoms with Crippen molar-refractivity contribution in [1.82, 2.24) is 0 Å². The smallest absolute Gasteiger partial charge is 0.180 e. The van der Waals surface area contributed by atoms with Gasteiger partial charge in [0.05, 0.1) is 21.8 Å². The summed E-state index contributed by atoms with van der Waals surface area (Å²) in [4.78, 5) is 14.0. The molecule has 0 amide bonds. The van der Waals surface area contributed by atoms with Gasteiger partial charge in [0.25, 0.3) is 0 Å². The van der Waals surface area contributed by atoms with Gasteiger partial charge >= 0.3 is 0 Å². The predicted molar refractivity (Wildman–Crippen MR) is 143 cm³/mol. The van der Waals surface area contributed by atoms with E-state index in [0.29, 0.717) is 34.1 Å². The molecule has 0 aliphatic heterocycles. The summed E-state index contributed by atoms with van der Waals surface area (Å²) >= 11 is 2.32. The van der Waals surface area contributed by atoms with E-state index in [1.54, 1.807) is 54.6 Å². The quantitative estimate of drug-likeness (QED) is 0.0996. The molecule has 4 rings (SSSR count). The lowest BCUT2D eigenvalue weighted by molar-refractivity contribution is 0.0989. The minimum absolute atomic E-state index is 0.0307. The van der Waals surface area contributed by atoms with E-state index in [4.69, 9.17) is 8.92 Å². The number of thioether (sulfide) groups is 1. The van der Waals surface area contributed by atoms with Crippen LogP contribution < -0.4 is 8.92 Å². The van der Waals surface area contributed by atoms with Gasteiger partial charge in [0, 0.05) is 5.56 Å². The molecule has 2 atom stereocenters. The Morgan fingerprint density at radius 2 is 1.60 bits per heavy atom. The SMILES string of the molecule is O=C(c1ccc(OSP)cc1)C(Sc1cc(OCc2ccccc2)ccc1O)c1ccc(F)cc1. The van der Waals surface area contributed by atoms with Crippen molar-refractivity contribution < 1.29 is 23.2 Å². The molecular weight excluding hydrogens is 502 g/mol. The maximum atomic E-state index is 13.6. The molecule has 4 nitrogen and oxygen atoms in total. The molecule has 0 saturated heterocycles. The molecule has 0 bridgehead atoms. The number of ketones is 1. The van der Waals surface area contributed by atoms with Crippen LogP contribution >= 0.6 is 31.9 Å². The highest BCUT2D eigenvalue weighted by Gasteiger charge is 2.25. The number of hydrogen-bond acceptors (Lipinski definition) is 6. The van der Waals surface area contributed by atoms with Crippen molar-refractivity contribution in [3.63, 3.8) is 0 Å². The molecule has 0 radical (unpaired) electrons. The third-order valence-electron chi connectivity index (χ3n) is 5.12. The van der Waals surface area contributed by atoms with Crippen molar-refractivity contribution in [2.45, 2.75) is 16.8 Å². The van der Waals surface area contributed by atoms with E-state index in [1.165, 1.54) is 23.9 Å². The summed E-state index contributed by atoms with van der Waals surface area (Å²) in [6.07, 6.45) is 0. The number of halogens is 1. The number of phenolic OH excluding ortho intramolecular Hbond substituents is 1. The zero-order chi connectivity index (χ0) is 24.6. The summed E-state index contributed by atoms with van der Waals surface area (Å²) in [6, 6.07) is 27.3. The topological polar surface area (TPSA) is 55.8 Å². The van der Waals surface area contributed by atoms with Crippen LogP contribution in [0.4, 0.5) is 4.39 Å². The molecule has 0 saturated carbocycles. The van der Waals surface area contributed by atoms with E-state index in [0.717, 1.165) is 17.2 Å². The highest BCUT2D eigenvalue weighted by molar-refractivity contribution is 8.41. The monoisotopic (exact) mass is 524 g/mol. The van der Waals surface area contributed by atoms with Crippen LogP contribution in [0.15, 0.2) is 102 Å². The summed E-state index contributed by atoms with van der Waals surface area (Å²) in [5.74, 6) is 0.648. The molecule has 4 aromatic carbocycles. The van der Waals surface area contributed by atoms with E-state index in [2.05, 4.69) is 8.44 Å². The van der Waals surface area contributed by atoms with Gasteiger partial charge in [-0.2, -0.15) is 0 Å². The first-order valence-corrected chi connectivity index (χ1v) is 13.7. The number of hydrogen-bond donors (Lipinski definition) is 1. The van der Waals surface area contributed by atoms with Crippen LogP contribution in [0.2, 0.25) is 0 Å². The molecule has 0 aliphatic carbocycles. The minimum atomic E-state index is -0.714. The molecule has 0 spiro atoms. The highest BCUT2D eigenvalue weighted by Crippen LogP contribution is 2.43. The van der Waals surface area contributed by atoms with E-state index >= 15 is 0 Å². The predicted octanol–water partition coefficient (Wildman–Crippen LogP) is 7.64. The maximum Gasteiger partial charge on any atom is 0.180 e. The van der Waals surface area contributed by atoms with Gasteiger partial charge in [-0.25, -0.2) is 4.39 Å². The van der Waals surface area contributed by atoms with E-state index in [1.807, 2.05) is 30.3 Å². The number of phenols is 1. The van der Waals surface area contributed by atoms with Crippen molar-refractivity contribution in [1.29, 1.82) is 0 Å². The molecule has 8 heteroatoms. The van der Waals surface area contributed by atoms with Gasteiger partial charge < -0.3 is 14.0 Å². The summed E-state index contributed by atoms with van der Waals surface area (Å²) in [6.45, 7) is 0.374. The summed E-state index contributed by atoms with van der Waals surface area (Å²) in [5, 5.41) is 9.83. The number of aromatic hydroxyl groups is 1. The molecule has 0 aromatic heterocycles. The Balaban J connectivity index is 1.60. The lowest BCUT2D eigenvalue weighted by Crippen LogP contribution is -2.10. The number of carbonyl (C=O) groups excluding carboxylic acids is 1. The third-order valence-corrected chi connectivity index (χ3v) is 7.00. The summed E-state index contributed by atoms with van der Waals surface area (Å²) < 4.78 is 24.8. The van der Waals surface area contributed by atoms with Crippen LogP contribution in [0.1, 0.15) is 26.7 Å². The molecule has 0 heterocycles. The molecule has 0 aliphatic rings. The van der Waals surface area contributed by atoms with Gasteiger partial charge in [0.2, 0.25) is 0 Å². The fraction of sp³-hybridized carbons (Fsp3) is 0.0741. The molecule has 4 aromatic rings. The first-order chi connectivity index (χ1) is 17.0. The number of benzene rings is 4. The zero-order valence-electron chi connectivity index (χ0n) is 18.5. The summed E-state index contributed by atoms with van der Waals surface area (Å²) in [7, 11) is 2.40. The molecule has 178 valence electrons. The number of carbonyl (C=O) groups is 1. The Labute approximate surface area is 214 Å². The van der Waals surface area contributed by atoms with Gasteiger partial charge in [-0.3, -0.25) is 4.79 Å². The lowest BCUT2D eigenvalue weighted by atomic mass is 10.0. The number of rotatable bonds is 10. The fourth-order valence-corrected chi connectivity index (χ4v) is 5.06. The maximum absolute atomic E-state index is 13.6. The van der Waals surface area contributed by atoms with Crippen LogP contribution in [0, 0.1) is 5.82 Å². The highest BCUT2D eigenvalue weighted by atomic mass is 32.7. The van der Waals surface area contributed by atoms with Crippen LogP contribution in [0.5, 0.6) is 17.2 Å². The van der Waals surface area contributed by atoms with Crippen LogP contribution in [0.25, 0.3) is 0 Å². The molecule has 0 fully saturated rings. The minimum Gasteiger partial charge on any atom is -0.507 e. The Hall–Kier alpha value is -2.99. The first kappa shape index (κ1) is 25.1. The lowest BCUT2D eigenvalue weighted by Gasteiger charge is -2.18. The summed E-state index contributed by atoms with van der Waals surface area (Å²) in [5.41, 5.74) is 2.11. The van der Waals surface area contributed by atoms with Crippen LogP contribution in [-0.2, 0) is 6.61 Å². The Kier molecular flexibility index (Phi) is 8.69. The Bertz CT molecular complexity index is 1270. The molecule has 35 heavy (non-hydrogen) atoms. The van der Waals surface area contributed by atoms with Crippen LogP contribution in [-0.4, -0.2) is 10.9 Å². The largest absolute Gasteiger partial charge is 0.507 e. The zero-order valence-corrected chi connectivity index (χ0v) is 21.3. The standard InChI is InChI=1S/C27H22FO4PS2/c28-21-10-6-20(7-11-21)27(26(30)19-8-12-22(13-9-19)32-35-33)34-25-16-23(14-15-24(25)29)31-17-18-4-2-1-3-5-18/h1-16,27,29H,17,33H2. The fourth-order valence-electron chi connectivity index (χ4n) is 3.34. The Morgan fingerprint density at radius 3 is 2.29 bits per heavy atom. The second kappa shape index (κ2) is 12.1. The van der Waals surface area contributed by atoms with E-state index in [-0.39, 0.29) is 17.3 Å². The van der Waals surface area contributed by atoms with Crippen molar-refractivity contribution >= 4 is 37.6 Å². The van der Waals surface area contributed by atoms with Gasteiger partial charge in [-0.05, 0) is 74.2 Å². The Morgan fingerprint density at radius 1 is 0.914 bits per heavy atom. The average molecular weight is 525 g/mol. The second-order valence-electron chi connectivity index (χ2n) is 7.52. The van der Waals surface area contributed by atoms with E-state index < -0.39 is 5.25 Å². The average Bonchev–Trinajstić information content (AvgIpc) is 2.89. The van der Waals surface area contributed by atoms with Crippen molar-refractivity contribution in [2.75, 3.05) is 0 Å². The second-order valence-corrected chi connectivity index (χ2v) is 9.60. The van der Waals surface area contributed by atoms with E-state index in [9.17, 15) is 14.3 Å². The van der Waals surface area contributed by atoms with Crippen LogP contribution in [0.3, 0.4) is 0 Å².